The Labute approximate surface area is 114 Å². The molecule has 0 aromatic heterocycles. The van der Waals surface area contributed by atoms with Crippen LogP contribution in [0.1, 0.15) is 13.8 Å². The zero-order valence-electron chi connectivity index (χ0n) is 11.5. The average Bonchev–Trinajstić information content (AvgIpc) is 2.32. The molecule has 1 aliphatic rings. The zero-order valence-corrected chi connectivity index (χ0v) is 12.3. The number of nitrogens with zero attached hydrogens (tertiary/aromatic N) is 2. The number of rotatable bonds is 2. The van der Waals surface area contributed by atoms with Crippen molar-refractivity contribution in [1.29, 1.82) is 0 Å². The van der Waals surface area contributed by atoms with Gasteiger partial charge in [0.15, 0.2) is 5.17 Å². The van der Waals surface area contributed by atoms with E-state index in [9.17, 15) is 0 Å². The van der Waals surface area contributed by atoms with Crippen LogP contribution >= 0.6 is 11.8 Å². The number of para-hydroxylation sites is 2. The summed E-state index contributed by atoms with van der Waals surface area (Å²) in [6, 6.07) is 8.31. The summed E-state index contributed by atoms with van der Waals surface area (Å²) in [6.07, 6.45) is 0. The predicted molar refractivity (Wildman–Crippen MR) is 82.9 cm³/mol. The summed E-state index contributed by atoms with van der Waals surface area (Å²) < 4.78 is 0. The van der Waals surface area contributed by atoms with Gasteiger partial charge in [-0.3, -0.25) is 4.99 Å². The van der Waals surface area contributed by atoms with Crippen LogP contribution in [0.2, 0.25) is 0 Å². The second-order valence-corrected chi connectivity index (χ2v) is 6.57. The van der Waals surface area contributed by atoms with Crippen molar-refractivity contribution in [3.8, 4) is 0 Å². The van der Waals surface area contributed by atoms with Crippen LogP contribution in [-0.4, -0.2) is 31.6 Å². The number of benzene rings is 1. The first kappa shape index (κ1) is 13.3. The van der Waals surface area contributed by atoms with Gasteiger partial charge in [-0.1, -0.05) is 37.7 Å². The van der Waals surface area contributed by atoms with E-state index in [4.69, 9.17) is 0 Å². The standard InChI is InChI=1S/C14H21N3S/c1-14(2)9-15-13(18-10-14)16-11-7-5-6-8-12(11)17(3)4/h5-8H,9-10H2,1-4H3,(H,15,16). The number of aliphatic imine (C=N–C) groups is 1. The lowest BCUT2D eigenvalue weighted by molar-refractivity contribution is 0.438. The summed E-state index contributed by atoms with van der Waals surface area (Å²) >= 11 is 1.81. The molecule has 0 spiro atoms. The third-order valence-corrected chi connectivity index (χ3v) is 4.31. The van der Waals surface area contributed by atoms with E-state index in [0.717, 1.165) is 23.2 Å². The average molecular weight is 263 g/mol. The van der Waals surface area contributed by atoms with Crippen LogP contribution in [0.3, 0.4) is 0 Å². The molecule has 1 N–H and O–H groups in total. The molecule has 1 aromatic carbocycles. The first-order chi connectivity index (χ1) is 8.48. The Kier molecular flexibility index (Phi) is 3.85. The zero-order chi connectivity index (χ0) is 13.2. The molecule has 0 atom stereocenters. The molecule has 0 saturated carbocycles. The molecule has 0 radical (unpaired) electrons. The molecule has 0 aliphatic carbocycles. The van der Waals surface area contributed by atoms with E-state index in [1.165, 1.54) is 5.69 Å². The molecule has 18 heavy (non-hydrogen) atoms. The molecule has 1 heterocycles. The van der Waals surface area contributed by atoms with Gasteiger partial charge in [0.25, 0.3) is 0 Å². The molecule has 1 aliphatic heterocycles. The highest BCUT2D eigenvalue weighted by atomic mass is 32.2. The predicted octanol–water partition coefficient (Wildman–Crippen LogP) is 3.29. The van der Waals surface area contributed by atoms with E-state index >= 15 is 0 Å². The van der Waals surface area contributed by atoms with Gasteiger partial charge < -0.3 is 10.2 Å². The third-order valence-electron chi connectivity index (χ3n) is 2.88. The normalized spacial score (nSPS) is 18.1. The lowest BCUT2D eigenvalue weighted by Crippen LogP contribution is -2.27. The number of nitrogens with one attached hydrogen (secondary N) is 1. The van der Waals surface area contributed by atoms with E-state index in [2.05, 4.69) is 61.4 Å². The first-order valence-electron chi connectivity index (χ1n) is 6.19. The molecular formula is C14H21N3S. The fourth-order valence-corrected chi connectivity index (χ4v) is 2.76. The second-order valence-electron chi connectivity index (χ2n) is 5.61. The van der Waals surface area contributed by atoms with Crippen LogP contribution in [0.4, 0.5) is 11.4 Å². The largest absolute Gasteiger partial charge is 0.376 e. The minimum Gasteiger partial charge on any atom is -0.376 e. The Morgan fingerprint density at radius 3 is 2.61 bits per heavy atom. The van der Waals surface area contributed by atoms with Gasteiger partial charge in [0, 0.05) is 26.4 Å². The summed E-state index contributed by atoms with van der Waals surface area (Å²) in [7, 11) is 4.11. The molecular weight excluding hydrogens is 242 g/mol. The number of anilines is 2. The van der Waals surface area contributed by atoms with Crippen molar-refractivity contribution in [2.75, 3.05) is 36.6 Å². The number of hydrogen-bond acceptors (Lipinski definition) is 4. The van der Waals surface area contributed by atoms with Crippen LogP contribution < -0.4 is 10.2 Å². The van der Waals surface area contributed by atoms with Crippen molar-refractivity contribution in [3.05, 3.63) is 24.3 Å². The molecule has 0 bridgehead atoms. The maximum absolute atomic E-state index is 4.63. The van der Waals surface area contributed by atoms with Crippen molar-refractivity contribution < 1.29 is 0 Å². The number of amidine groups is 1. The van der Waals surface area contributed by atoms with Gasteiger partial charge in [-0.05, 0) is 17.5 Å². The smallest absolute Gasteiger partial charge is 0.161 e. The van der Waals surface area contributed by atoms with Crippen LogP contribution in [-0.2, 0) is 0 Å². The molecule has 0 saturated heterocycles. The van der Waals surface area contributed by atoms with Gasteiger partial charge in [-0.2, -0.15) is 0 Å². The summed E-state index contributed by atoms with van der Waals surface area (Å²) in [4.78, 5) is 6.74. The van der Waals surface area contributed by atoms with Gasteiger partial charge >= 0.3 is 0 Å². The fraction of sp³-hybridized carbons (Fsp3) is 0.500. The fourth-order valence-electron chi connectivity index (χ4n) is 1.80. The molecule has 0 amide bonds. The first-order valence-corrected chi connectivity index (χ1v) is 7.17. The highest BCUT2D eigenvalue weighted by molar-refractivity contribution is 8.14. The van der Waals surface area contributed by atoms with Gasteiger partial charge in [-0.25, -0.2) is 0 Å². The Balaban J connectivity index is 2.13. The minimum absolute atomic E-state index is 0.316. The Morgan fingerprint density at radius 1 is 1.28 bits per heavy atom. The van der Waals surface area contributed by atoms with Gasteiger partial charge in [0.1, 0.15) is 0 Å². The van der Waals surface area contributed by atoms with E-state index in [1.54, 1.807) is 11.8 Å². The van der Waals surface area contributed by atoms with E-state index < -0.39 is 0 Å². The maximum atomic E-state index is 4.63. The van der Waals surface area contributed by atoms with Crippen molar-refractivity contribution in [1.82, 2.24) is 0 Å². The Hall–Kier alpha value is -1.16. The Morgan fingerprint density at radius 2 is 2.00 bits per heavy atom. The lowest BCUT2D eigenvalue weighted by atomic mass is 9.97. The van der Waals surface area contributed by atoms with Crippen LogP contribution in [0.15, 0.2) is 29.3 Å². The summed E-state index contributed by atoms with van der Waals surface area (Å²) in [5.41, 5.74) is 2.62. The summed E-state index contributed by atoms with van der Waals surface area (Å²) in [5.74, 6) is 1.11. The van der Waals surface area contributed by atoms with Gasteiger partial charge in [0.2, 0.25) is 0 Å². The summed E-state index contributed by atoms with van der Waals surface area (Å²) in [6.45, 7) is 5.41. The molecule has 4 heteroatoms. The van der Waals surface area contributed by atoms with Crippen molar-refractivity contribution in [2.45, 2.75) is 13.8 Å². The number of hydrogen-bond donors (Lipinski definition) is 1. The molecule has 3 nitrogen and oxygen atoms in total. The summed E-state index contributed by atoms with van der Waals surface area (Å²) in [5, 5.41) is 4.47. The molecule has 98 valence electrons. The minimum atomic E-state index is 0.316. The number of thioether (sulfide) groups is 1. The highest BCUT2D eigenvalue weighted by Gasteiger charge is 2.23. The maximum Gasteiger partial charge on any atom is 0.161 e. The Bertz CT molecular complexity index is 452. The van der Waals surface area contributed by atoms with Crippen molar-refractivity contribution in [3.63, 3.8) is 0 Å². The van der Waals surface area contributed by atoms with Crippen LogP contribution in [0.5, 0.6) is 0 Å². The molecule has 0 fully saturated rings. The molecule has 0 unspecified atom stereocenters. The van der Waals surface area contributed by atoms with Gasteiger partial charge in [0.05, 0.1) is 11.4 Å². The van der Waals surface area contributed by atoms with Crippen LogP contribution in [0.25, 0.3) is 0 Å². The lowest BCUT2D eigenvalue weighted by Gasteiger charge is -2.28. The van der Waals surface area contributed by atoms with Crippen LogP contribution in [0, 0.1) is 5.41 Å². The quantitative estimate of drug-likeness (QED) is 0.887. The van der Waals surface area contributed by atoms with E-state index in [1.807, 2.05) is 6.07 Å². The third kappa shape index (κ3) is 3.19. The topological polar surface area (TPSA) is 27.6 Å². The van der Waals surface area contributed by atoms with E-state index in [0.29, 0.717) is 5.41 Å². The molecule has 2 rings (SSSR count). The monoisotopic (exact) mass is 263 g/mol. The highest BCUT2D eigenvalue weighted by Crippen LogP contribution is 2.30. The molecule has 1 aromatic rings. The van der Waals surface area contributed by atoms with Crippen molar-refractivity contribution >= 4 is 28.3 Å². The van der Waals surface area contributed by atoms with Gasteiger partial charge in [-0.15, -0.1) is 0 Å². The van der Waals surface area contributed by atoms with E-state index in [-0.39, 0.29) is 0 Å². The second kappa shape index (κ2) is 5.22. The van der Waals surface area contributed by atoms with Crippen molar-refractivity contribution in [2.24, 2.45) is 10.4 Å². The SMILES string of the molecule is CN(C)c1ccccc1NC1=NCC(C)(C)CS1.